The van der Waals surface area contributed by atoms with E-state index >= 15 is 0 Å². The van der Waals surface area contributed by atoms with E-state index in [-0.39, 0.29) is 5.91 Å². The number of carbonyl (C=O) groups excluding carboxylic acids is 1. The Morgan fingerprint density at radius 2 is 1.76 bits per heavy atom. The Morgan fingerprint density at radius 3 is 2.43 bits per heavy atom. The van der Waals surface area contributed by atoms with E-state index in [1.165, 1.54) is 0 Å². The second-order valence-electron chi connectivity index (χ2n) is 5.33. The van der Waals surface area contributed by atoms with Gasteiger partial charge in [-0.2, -0.15) is 0 Å². The minimum atomic E-state index is -0.0655. The van der Waals surface area contributed by atoms with Gasteiger partial charge in [-0.25, -0.2) is 0 Å². The van der Waals surface area contributed by atoms with Crippen molar-refractivity contribution in [3.63, 3.8) is 0 Å². The van der Waals surface area contributed by atoms with Crippen molar-refractivity contribution in [1.29, 1.82) is 0 Å². The van der Waals surface area contributed by atoms with Crippen LogP contribution in [0.3, 0.4) is 0 Å². The predicted molar refractivity (Wildman–Crippen MR) is 89.2 cm³/mol. The predicted octanol–water partition coefficient (Wildman–Crippen LogP) is 4.30. The summed E-state index contributed by atoms with van der Waals surface area (Å²) < 4.78 is 0. The molecule has 1 amide bonds. The smallest absolute Gasteiger partial charge is 0.255 e. The van der Waals surface area contributed by atoms with E-state index < -0.39 is 0 Å². The van der Waals surface area contributed by atoms with Crippen molar-refractivity contribution >= 4 is 17.3 Å². The molecule has 0 aliphatic heterocycles. The van der Waals surface area contributed by atoms with E-state index in [9.17, 15) is 4.79 Å². The number of amides is 1. The van der Waals surface area contributed by atoms with Gasteiger partial charge in [0, 0.05) is 23.5 Å². The number of aryl methyl sites for hydroxylation is 3. The lowest BCUT2D eigenvalue weighted by atomic mass is 10.1. The molecule has 0 bridgehead atoms. The van der Waals surface area contributed by atoms with E-state index in [1.807, 2.05) is 57.2 Å². The molecule has 0 spiro atoms. The van der Waals surface area contributed by atoms with Crippen LogP contribution in [-0.2, 0) is 0 Å². The number of nitrogens with one attached hydrogen (secondary N) is 2. The number of hydrogen-bond donors (Lipinski definition) is 2. The fraction of sp³-hybridized carbons (Fsp3) is 0.278. The highest BCUT2D eigenvalue weighted by Crippen LogP contribution is 2.20. The van der Waals surface area contributed by atoms with Crippen molar-refractivity contribution in [2.24, 2.45) is 0 Å². The van der Waals surface area contributed by atoms with Crippen LogP contribution in [0.1, 0.15) is 34.0 Å². The van der Waals surface area contributed by atoms with E-state index in [0.717, 1.165) is 34.6 Å². The molecular weight excluding hydrogens is 260 g/mol. The third kappa shape index (κ3) is 3.63. The van der Waals surface area contributed by atoms with Crippen LogP contribution in [0.2, 0.25) is 0 Å². The van der Waals surface area contributed by atoms with Gasteiger partial charge >= 0.3 is 0 Å². The van der Waals surface area contributed by atoms with Gasteiger partial charge in [-0.05, 0) is 68.7 Å². The van der Waals surface area contributed by atoms with Gasteiger partial charge in [0.05, 0.1) is 0 Å². The second-order valence-corrected chi connectivity index (χ2v) is 5.33. The first-order valence-electron chi connectivity index (χ1n) is 7.24. The molecule has 2 aromatic rings. The summed E-state index contributed by atoms with van der Waals surface area (Å²) in [4.78, 5) is 12.4. The third-order valence-electron chi connectivity index (χ3n) is 3.49. The number of carbonyl (C=O) groups is 1. The highest BCUT2D eigenvalue weighted by atomic mass is 16.1. The number of hydrogen-bond acceptors (Lipinski definition) is 2. The summed E-state index contributed by atoms with van der Waals surface area (Å²) >= 11 is 0. The summed E-state index contributed by atoms with van der Waals surface area (Å²) in [6, 6.07) is 11.9. The first kappa shape index (κ1) is 15.1. The molecule has 0 aliphatic rings. The molecule has 0 radical (unpaired) electrons. The van der Waals surface area contributed by atoms with Crippen LogP contribution in [0, 0.1) is 20.8 Å². The topological polar surface area (TPSA) is 41.1 Å². The molecule has 21 heavy (non-hydrogen) atoms. The van der Waals surface area contributed by atoms with Crippen molar-refractivity contribution < 1.29 is 4.79 Å². The lowest BCUT2D eigenvalue weighted by molar-refractivity contribution is 0.102. The molecule has 0 aliphatic carbocycles. The van der Waals surface area contributed by atoms with Crippen molar-refractivity contribution in [2.75, 3.05) is 17.2 Å². The summed E-state index contributed by atoms with van der Waals surface area (Å²) in [6.07, 6.45) is 0. The summed E-state index contributed by atoms with van der Waals surface area (Å²) in [5, 5.41) is 6.25. The molecule has 0 atom stereocenters. The van der Waals surface area contributed by atoms with Gasteiger partial charge in [0.2, 0.25) is 0 Å². The molecule has 3 heteroatoms. The molecule has 2 aromatic carbocycles. The Labute approximate surface area is 126 Å². The SMILES string of the molecule is CCNc1ccc(C(=O)Nc2cc(C)ccc2C)c(C)c1. The molecule has 0 unspecified atom stereocenters. The maximum atomic E-state index is 12.4. The normalized spacial score (nSPS) is 10.3. The van der Waals surface area contributed by atoms with Gasteiger partial charge in [0.25, 0.3) is 5.91 Å². The fourth-order valence-corrected chi connectivity index (χ4v) is 2.29. The zero-order valence-corrected chi connectivity index (χ0v) is 13.1. The monoisotopic (exact) mass is 282 g/mol. The Bertz CT molecular complexity index is 662. The van der Waals surface area contributed by atoms with E-state index in [4.69, 9.17) is 0 Å². The van der Waals surface area contributed by atoms with Crippen molar-refractivity contribution in [3.8, 4) is 0 Å². The first-order valence-corrected chi connectivity index (χ1v) is 7.24. The van der Waals surface area contributed by atoms with Gasteiger partial charge in [0.1, 0.15) is 0 Å². The van der Waals surface area contributed by atoms with Crippen molar-refractivity contribution in [1.82, 2.24) is 0 Å². The summed E-state index contributed by atoms with van der Waals surface area (Å²) in [5.41, 5.74) is 5.79. The van der Waals surface area contributed by atoms with Crippen LogP contribution in [0.15, 0.2) is 36.4 Å². The molecular formula is C18H22N2O. The van der Waals surface area contributed by atoms with Crippen molar-refractivity contribution in [3.05, 3.63) is 58.7 Å². The first-order chi connectivity index (χ1) is 10.0. The van der Waals surface area contributed by atoms with Gasteiger partial charge in [-0.3, -0.25) is 4.79 Å². The Morgan fingerprint density at radius 1 is 1.00 bits per heavy atom. The summed E-state index contributed by atoms with van der Waals surface area (Å²) in [6.45, 7) is 8.89. The number of benzene rings is 2. The quantitative estimate of drug-likeness (QED) is 0.878. The van der Waals surface area contributed by atoms with Crippen LogP contribution < -0.4 is 10.6 Å². The fourth-order valence-electron chi connectivity index (χ4n) is 2.29. The van der Waals surface area contributed by atoms with E-state index in [1.54, 1.807) is 0 Å². The Kier molecular flexibility index (Phi) is 4.63. The van der Waals surface area contributed by atoms with E-state index in [2.05, 4.69) is 17.6 Å². The summed E-state index contributed by atoms with van der Waals surface area (Å²) in [5.74, 6) is -0.0655. The zero-order chi connectivity index (χ0) is 15.4. The largest absolute Gasteiger partial charge is 0.385 e. The zero-order valence-electron chi connectivity index (χ0n) is 13.1. The van der Waals surface area contributed by atoms with Crippen LogP contribution >= 0.6 is 0 Å². The second kappa shape index (κ2) is 6.44. The highest BCUT2D eigenvalue weighted by molar-refractivity contribution is 6.05. The standard InChI is InChI=1S/C18H22N2O/c1-5-19-15-8-9-16(14(4)11-15)18(21)20-17-10-12(2)6-7-13(17)3/h6-11,19H,5H2,1-4H3,(H,20,21). The molecule has 0 fully saturated rings. The average molecular weight is 282 g/mol. The van der Waals surface area contributed by atoms with Gasteiger partial charge in [-0.1, -0.05) is 12.1 Å². The maximum Gasteiger partial charge on any atom is 0.255 e. The maximum absolute atomic E-state index is 12.4. The van der Waals surface area contributed by atoms with Crippen LogP contribution in [0.4, 0.5) is 11.4 Å². The molecule has 110 valence electrons. The highest BCUT2D eigenvalue weighted by Gasteiger charge is 2.11. The third-order valence-corrected chi connectivity index (χ3v) is 3.49. The summed E-state index contributed by atoms with van der Waals surface area (Å²) in [7, 11) is 0. The van der Waals surface area contributed by atoms with Gasteiger partial charge in [-0.15, -0.1) is 0 Å². The Hall–Kier alpha value is -2.29. The van der Waals surface area contributed by atoms with Crippen LogP contribution in [0.25, 0.3) is 0 Å². The van der Waals surface area contributed by atoms with Gasteiger partial charge < -0.3 is 10.6 Å². The number of rotatable bonds is 4. The Balaban J connectivity index is 2.22. The lowest BCUT2D eigenvalue weighted by Gasteiger charge is -2.12. The molecule has 0 saturated heterocycles. The van der Waals surface area contributed by atoms with Crippen LogP contribution in [0.5, 0.6) is 0 Å². The van der Waals surface area contributed by atoms with Gasteiger partial charge in [0.15, 0.2) is 0 Å². The average Bonchev–Trinajstić information content (AvgIpc) is 2.43. The molecule has 0 saturated carbocycles. The minimum absolute atomic E-state index is 0.0655. The number of anilines is 2. The molecule has 0 heterocycles. The molecule has 2 rings (SSSR count). The van der Waals surface area contributed by atoms with Crippen LogP contribution in [-0.4, -0.2) is 12.5 Å². The van der Waals surface area contributed by atoms with E-state index in [0.29, 0.717) is 5.56 Å². The minimum Gasteiger partial charge on any atom is -0.385 e. The van der Waals surface area contributed by atoms with Crippen molar-refractivity contribution in [2.45, 2.75) is 27.7 Å². The lowest BCUT2D eigenvalue weighted by Crippen LogP contribution is -2.14. The molecule has 2 N–H and O–H groups in total. The molecule has 0 aromatic heterocycles. The molecule has 3 nitrogen and oxygen atoms in total.